The zero-order valence-electron chi connectivity index (χ0n) is 13.8. The van der Waals surface area contributed by atoms with Crippen LogP contribution in [0.25, 0.3) is 0 Å². The summed E-state index contributed by atoms with van der Waals surface area (Å²) in [7, 11) is 0. The van der Waals surface area contributed by atoms with E-state index in [0.29, 0.717) is 12.1 Å². The van der Waals surface area contributed by atoms with Crippen molar-refractivity contribution in [2.24, 2.45) is 0 Å². The third-order valence-corrected chi connectivity index (χ3v) is 4.26. The lowest BCUT2D eigenvalue weighted by Gasteiger charge is -2.19. The van der Waals surface area contributed by atoms with Crippen LogP contribution in [0.4, 0.5) is 0 Å². The number of nitrogens with one attached hydrogen (secondary N) is 1. The molecule has 3 aromatic rings. The predicted octanol–water partition coefficient (Wildman–Crippen LogP) is 3.87. The topological polar surface area (TPSA) is 68.0 Å². The van der Waals surface area contributed by atoms with Gasteiger partial charge in [0.15, 0.2) is 0 Å². The van der Waals surface area contributed by atoms with Gasteiger partial charge >= 0.3 is 0 Å². The molecule has 1 aromatic carbocycles. The Morgan fingerprint density at radius 2 is 1.96 bits per heavy atom. The summed E-state index contributed by atoms with van der Waals surface area (Å²) in [4.78, 5) is 16.9. The fourth-order valence-electron chi connectivity index (χ4n) is 2.63. The van der Waals surface area contributed by atoms with Crippen molar-refractivity contribution in [2.75, 3.05) is 0 Å². The molecule has 0 aliphatic rings. The molecule has 1 atom stereocenters. The first-order chi connectivity index (χ1) is 12.1. The average molecular weight is 356 g/mol. The van der Waals surface area contributed by atoms with E-state index in [1.54, 1.807) is 6.20 Å². The van der Waals surface area contributed by atoms with E-state index in [-0.39, 0.29) is 23.6 Å². The number of hydrogen-bond donors (Lipinski definition) is 1. The van der Waals surface area contributed by atoms with Crippen molar-refractivity contribution in [1.29, 1.82) is 0 Å². The second kappa shape index (κ2) is 7.94. The molecule has 1 amide bonds. The van der Waals surface area contributed by atoms with Crippen molar-refractivity contribution in [1.82, 2.24) is 15.5 Å². The van der Waals surface area contributed by atoms with Crippen molar-refractivity contribution in [3.63, 3.8) is 0 Å². The summed E-state index contributed by atoms with van der Waals surface area (Å²) in [5, 5.41) is 7.10. The van der Waals surface area contributed by atoms with Crippen LogP contribution in [0.1, 0.15) is 35.0 Å². The van der Waals surface area contributed by atoms with Crippen LogP contribution in [0.3, 0.4) is 0 Å². The van der Waals surface area contributed by atoms with Crippen molar-refractivity contribution in [3.05, 3.63) is 82.5 Å². The Morgan fingerprint density at radius 1 is 1.20 bits per heavy atom. The third kappa shape index (κ3) is 4.25. The molecule has 0 aliphatic carbocycles. The van der Waals surface area contributed by atoms with Crippen molar-refractivity contribution in [3.8, 4) is 0 Å². The molecule has 1 N–H and O–H groups in total. The maximum atomic E-state index is 12.5. The summed E-state index contributed by atoms with van der Waals surface area (Å²) in [6, 6.07) is 15.1. The Kier molecular flexibility index (Phi) is 5.46. The Balaban J connectivity index is 1.73. The van der Waals surface area contributed by atoms with Crippen molar-refractivity contribution < 1.29 is 9.32 Å². The molecule has 128 valence electrons. The van der Waals surface area contributed by atoms with Crippen LogP contribution in [-0.4, -0.2) is 16.0 Å². The summed E-state index contributed by atoms with van der Waals surface area (Å²) >= 11 is 5.96. The van der Waals surface area contributed by atoms with Gasteiger partial charge in [-0.1, -0.05) is 41.6 Å². The predicted molar refractivity (Wildman–Crippen MR) is 95.2 cm³/mol. The molecule has 0 spiro atoms. The lowest BCUT2D eigenvalue weighted by atomic mass is 10.0. The molecule has 6 heteroatoms. The lowest BCUT2D eigenvalue weighted by Crippen LogP contribution is -2.30. The van der Waals surface area contributed by atoms with Crippen molar-refractivity contribution in [2.45, 2.75) is 25.8 Å². The van der Waals surface area contributed by atoms with E-state index in [1.165, 1.54) is 0 Å². The maximum absolute atomic E-state index is 12.5. The quantitative estimate of drug-likeness (QED) is 0.728. The van der Waals surface area contributed by atoms with Gasteiger partial charge in [0.1, 0.15) is 0 Å². The van der Waals surface area contributed by atoms with Crippen LogP contribution in [0.15, 0.2) is 59.3 Å². The molecule has 0 saturated heterocycles. The van der Waals surface area contributed by atoms with E-state index in [4.69, 9.17) is 16.1 Å². The Labute approximate surface area is 151 Å². The number of benzene rings is 1. The minimum Gasteiger partial charge on any atom is -0.344 e. The van der Waals surface area contributed by atoms with Crippen LogP contribution < -0.4 is 5.32 Å². The lowest BCUT2D eigenvalue weighted by molar-refractivity contribution is -0.121. The molecule has 25 heavy (non-hydrogen) atoms. The van der Waals surface area contributed by atoms with Gasteiger partial charge in [0.25, 0.3) is 0 Å². The number of nitrogens with zero attached hydrogens (tertiary/aromatic N) is 2. The number of aryl methyl sites for hydroxylation is 1. The highest BCUT2D eigenvalue weighted by molar-refractivity contribution is 6.29. The minimum absolute atomic E-state index is 0.0869. The molecule has 3 rings (SSSR count). The number of aromatic nitrogens is 2. The van der Waals surface area contributed by atoms with E-state index < -0.39 is 0 Å². The summed E-state index contributed by atoms with van der Waals surface area (Å²) in [6.07, 6.45) is 2.49. The summed E-state index contributed by atoms with van der Waals surface area (Å²) < 4.78 is 4.92. The zero-order chi connectivity index (χ0) is 17.6. The average Bonchev–Trinajstić information content (AvgIpc) is 2.97. The number of carbonyl (C=O) groups is 1. The van der Waals surface area contributed by atoms with E-state index in [0.717, 1.165) is 16.8 Å². The molecule has 0 saturated carbocycles. The fourth-order valence-corrected chi connectivity index (χ4v) is 2.90. The van der Waals surface area contributed by atoms with Crippen LogP contribution in [-0.2, 0) is 11.2 Å². The highest BCUT2D eigenvalue weighted by atomic mass is 35.5. The van der Waals surface area contributed by atoms with Gasteiger partial charge in [-0.05, 0) is 42.6 Å². The van der Waals surface area contributed by atoms with Gasteiger partial charge in [-0.25, -0.2) is 0 Å². The van der Waals surface area contributed by atoms with Gasteiger partial charge in [0.2, 0.25) is 11.1 Å². The standard InChI is InChI=1S/C19H18ClN3O2/c1-13-15(19(20)25-23-13)10-11-17(24)22-18(14-7-3-2-4-8-14)16-9-5-6-12-21-16/h2-9,12,18H,10-11H2,1H3,(H,22,24). The Morgan fingerprint density at radius 3 is 2.60 bits per heavy atom. The molecule has 2 heterocycles. The van der Waals surface area contributed by atoms with Gasteiger partial charge in [-0.3, -0.25) is 9.78 Å². The van der Waals surface area contributed by atoms with Gasteiger partial charge in [0, 0.05) is 18.2 Å². The van der Waals surface area contributed by atoms with Gasteiger partial charge in [-0.15, -0.1) is 0 Å². The van der Waals surface area contributed by atoms with Gasteiger partial charge in [0.05, 0.1) is 17.4 Å². The largest absolute Gasteiger partial charge is 0.344 e. The minimum atomic E-state index is -0.297. The number of rotatable bonds is 6. The normalized spacial score (nSPS) is 11.9. The number of amides is 1. The summed E-state index contributed by atoms with van der Waals surface area (Å²) in [6.45, 7) is 1.81. The number of pyridine rings is 1. The first-order valence-electron chi connectivity index (χ1n) is 8.01. The Hall–Kier alpha value is -2.66. The fraction of sp³-hybridized carbons (Fsp3) is 0.211. The highest BCUT2D eigenvalue weighted by Crippen LogP contribution is 2.22. The maximum Gasteiger partial charge on any atom is 0.229 e. The molecule has 0 radical (unpaired) electrons. The molecule has 0 fully saturated rings. The first kappa shape index (κ1) is 17.2. The van der Waals surface area contributed by atoms with Crippen LogP contribution in [0.5, 0.6) is 0 Å². The molecule has 0 bridgehead atoms. The first-order valence-corrected chi connectivity index (χ1v) is 8.39. The highest BCUT2D eigenvalue weighted by Gasteiger charge is 2.19. The monoisotopic (exact) mass is 355 g/mol. The van der Waals surface area contributed by atoms with Crippen LogP contribution in [0.2, 0.25) is 5.22 Å². The van der Waals surface area contributed by atoms with Gasteiger partial charge in [-0.2, -0.15) is 0 Å². The zero-order valence-corrected chi connectivity index (χ0v) is 14.5. The van der Waals surface area contributed by atoms with E-state index in [2.05, 4.69) is 15.5 Å². The number of carbonyl (C=O) groups excluding carboxylic acids is 1. The van der Waals surface area contributed by atoms with E-state index in [1.807, 2.05) is 55.5 Å². The molecule has 2 aromatic heterocycles. The molecule has 0 aliphatic heterocycles. The number of halogens is 1. The smallest absolute Gasteiger partial charge is 0.229 e. The summed E-state index contributed by atoms with van der Waals surface area (Å²) in [5.41, 5.74) is 3.25. The Bertz CT molecular complexity index is 775. The molecular formula is C19H18ClN3O2. The molecular weight excluding hydrogens is 338 g/mol. The molecule has 5 nitrogen and oxygen atoms in total. The van der Waals surface area contributed by atoms with Gasteiger partial charge < -0.3 is 9.84 Å². The van der Waals surface area contributed by atoms with E-state index in [9.17, 15) is 4.79 Å². The second-order valence-corrected chi connectivity index (χ2v) is 6.03. The van der Waals surface area contributed by atoms with Crippen LogP contribution in [0, 0.1) is 6.92 Å². The van der Waals surface area contributed by atoms with E-state index >= 15 is 0 Å². The summed E-state index contributed by atoms with van der Waals surface area (Å²) in [5.74, 6) is -0.0869. The molecule has 1 unspecified atom stereocenters. The van der Waals surface area contributed by atoms with Crippen LogP contribution >= 0.6 is 11.6 Å². The number of hydrogen-bond acceptors (Lipinski definition) is 4. The SMILES string of the molecule is Cc1noc(Cl)c1CCC(=O)NC(c1ccccc1)c1ccccn1. The third-order valence-electron chi connectivity index (χ3n) is 3.96. The second-order valence-electron chi connectivity index (χ2n) is 5.69. The van der Waals surface area contributed by atoms with Crippen molar-refractivity contribution >= 4 is 17.5 Å².